The number of hydrogen-bond acceptors (Lipinski definition) is 1. The van der Waals surface area contributed by atoms with Crippen molar-refractivity contribution in [1.29, 1.82) is 0 Å². The summed E-state index contributed by atoms with van der Waals surface area (Å²) < 4.78 is 30.7. The zero-order valence-corrected chi connectivity index (χ0v) is 8.07. The van der Waals surface area contributed by atoms with Crippen molar-refractivity contribution in [2.75, 3.05) is 6.61 Å². The van der Waals surface area contributed by atoms with Crippen molar-refractivity contribution in [3.8, 4) is 18.1 Å². The monoisotopic (exact) mass is 246 g/mol. The van der Waals surface area contributed by atoms with Gasteiger partial charge in [-0.2, -0.15) is 4.39 Å². The van der Waals surface area contributed by atoms with Crippen LogP contribution < -0.4 is 4.74 Å². The molecule has 0 bridgehead atoms. The average molecular weight is 247 g/mol. The molecule has 0 fully saturated rings. The van der Waals surface area contributed by atoms with Crippen LogP contribution in [-0.2, 0) is 0 Å². The van der Waals surface area contributed by atoms with Gasteiger partial charge >= 0.3 is 0 Å². The van der Waals surface area contributed by atoms with E-state index in [1.165, 1.54) is 12.1 Å². The van der Waals surface area contributed by atoms with E-state index in [1.54, 1.807) is 0 Å². The van der Waals surface area contributed by atoms with E-state index in [0.717, 1.165) is 0 Å². The number of ether oxygens (including phenoxy) is 1. The summed E-state index contributed by atoms with van der Waals surface area (Å²) in [4.78, 5) is 0. The second-order valence-electron chi connectivity index (χ2n) is 2.17. The van der Waals surface area contributed by atoms with Crippen LogP contribution >= 0.6 is 15.9 Å². The molecular formula is C9H5BrF2O. The lowest BCUT2D eigenvalue weighted by molar-refractivity contribution is 0.337. The summed E-state index contributed by atoms with van der Waals surface area (Å²) in [6.07, 6.45) is 4.89. The van der Waals surface area contributed by atoms with Gasteiger partial charge in [-0.3, -0.25) is 0 Å². The molecule has 0 saturated heterocycles. The van der Waals surface area contributed by atoms with Crippen molar-refractivity contribution < 1.29 is 13.5 Å². The Morgan fingerprint density at radius 1 is 1.38 bits per heavy atom. The molecule has 0 N–H and O–H groups in total. The molecule has 1 nitrogen and oxygen atoms in total. The number of halogens is 3. The first-order chi connectivity index (χ1) is 6.16. The standard InChI is InChI=1S/C9H5BrF2O/c1-2-5-13-7-4-3-6(10)8(11)9(7)12/h1,3-4H,5H2. The van der Waals surface area contributed by atoms with Crippen LogP contribution in [0.5, 0.6) is 5.75 Å². The maximum Gasteiger partial charge on any atom is 0.201 e. The molecule has 68 valence electrons. The molecule has 0 amide bonds. The molecule has 1 rings (SSSR count). The molecule has 13 heavy (non-hydrogen) atoms. The average Bonchev–Trinajstić information content (AvgIpc) is 2.13. The van der Waals surface area contributed by atoms with E-state index in [-0.39, 0.29) is 16.8 Å². The lowest BCUT2D eigenvalue weighted by Crippen LogP contribution is -1.98. The Bertz CT molecular complexity index is 357. The van der Waals surface area contributed by atoms with Crippen LogP contribution in [0.2, 0.25) is 0 Å². The highest BCUT2D eigenvalue weighted by Gasteiger charge is 2.12. The smallest absolute Gasteiger partial charge is 0.201 e. The maximum atomic E-state index is 13.0. The highest BCUT2D eigenvalue weighted by molar-refractivity contribution is 9.10. The Morgan fingerprint density at radius 2 is 2.08 bits per heavy atom. The van der Waals surface area contributed by atoms with Gasteiger partial charge in [0.05, 0.1) is 4.47 Å². The Kier molecular flexibility index (Phi) is 3.26. The minimum Gasteiger partial charge on any atom is -0.478 e. The summed E-state index contributed by atoms with van der Waals surface area (Å²) >= 11 is 2.84. The summed E-state index contributed by atoms with van der Waals surface area (Å²) in [5.74, 6) is -0.0421. The number of hydrogen-bond donors (Lipinski definition) is 0. The van der Waals surface area contributed by atoms with Crippen LogP contribution in [0.15, 0.2) is 16.6 Å². The molecule has 0 atom stereocenters. The molecule has 0 aliphatic rings. The Morgan fingerprint density at radius 3 is 2.69 bits per heavy atom. The molecule has 4 heteroatoms. The van der Waals surface area contributed by atoms with Crippen molar-refractivity contribution in [2.45, 2.75) is 0 Å². The quantitative estimate of drug-likeness (QED) is 0.576. The third-order valence-electron chi connectivity index (χ3n) is 1.31. The highest BCUT2D eigenvalue weighted by atomic mass is 79.9. The molecule has 0 heterocycles. The van der Waals surface area contributed by atoms with E-state index in [0.29, 0.717) is 0 Å². The van der Waals surface area contributed by atoms with Gasteiger partial charge in [0.25, 0.3) is 0 Å². The van der Waals surface area contributed by atoms with E-state index in [2.05, 4.69) is 21.9 Å². The van der Waals surface area contributed by atoms with Crippen molar-refractivity contribution >= 4 is 15.9 Å². The molecule has 0 radical (unpaired) electrons. The first-order valence-electron chi connectivity index (χ1n) is 3.36. The Balaban J connectivity index is 2.98. The van der Waals surface area contributed by atoms with Crippen LogP contribution in [0.4, 0.5) is 8.78 Å². The van der Waals surface area contributed by atoms with Crippen molar-refractivity contribution in [1.82, 2.24) is 0 Å². The van der Waals surface area contributed by atoms with Crippen LogP contribution in [0.3, 0.4) is 0 Å². The largest absolute Gasteiger partial charge is 0.478 e. The molecule has 0 aliphatic heterocycles. The molecule has 1 aromatic carbocycles. The van der Waals surface area contributed by atoms with E-state index in [9.17, 15) is 8.78 Å². The number of terminal acetylenes is 1. The number of rotatable bonds is 2. The van der Waals surface area contributed by atoms with Crippen LogP contribution in [0, 0.1) is 24.0 Å². The second kappa shape index (κ2) is 4.24. The molecule has 0 saturated carbocycles. The van der Waals surface area contributed by atoms with Gasteiger partial charge in [-0.15, -0.1) is 6.42 Å². The maximum absolute atomic E-state index is 13.0. The predicted molar refractivity (Wildman–Crippen MR) is 48.4 cm³/mol. The summed E-state index contributed by atoms with van der Waals surface area (Å²) in [5, 5.41) is 0. The van der Waals surface area contributed by atoms with Gasteiger partial charge in [-0.25, -0.2) is 4.39 Å². The van der Waals surface area contributed by atoms with E-state index >= 15 is 0 Å². The normalized spacial score (nSPS) is 9.38. The lowest BCUT2D eigenvalue weighted by atomic mass is 10.3. The molecule has 0 unspecified atom stereocenters. The van der Waals surface area contributed by atoms with Gasteiger partial charge < -0.3 is 4.74 Å². The van der Waals surface area contributed by atoms with Gasteiger partial charge in [0.15, 0.2) is 11.6 Å². The van der Waals surface area contributed by atoms with Crippen LogP contribution in [0.25, 0.3) is 0 Å². The third kappa shape index (κ3) is 2.19. The van der Waals surface area contributed by atoms with Crippen LogP contribution in [-0.4, -0.2) is 6.61 Å². The Labute approximate surface area is 82.8 Å². The molecule has 0 aliphatic carbocycles. The van der Waals surface area contributed by atoms with E-state index in [1.807, 2.05) is 0 Å². The first-order valence-corrected chi connectivity index (χ1v) is 4.16. The SMILES string of the molecule is C#CCOc1ccc(Br)c(F)c1F. The second-order valence-corrected chi connectivity index (χ2v) is 3.02. The summed E-state index contributed by atoms with van der Waals surface area (Å²) in [6, 6.07) is 2.66. The summed E-state index contributed by atoms with van der Waals surface area (Å²) in [6.45, 7) is -0.0853. The van der Waals surface area contributed by atoms with Crippen LogP contribution in [0.1, 0.15) is 0 Å². The van der Waals surface area contributed by atoms with Crippen molar-refractivity contribution in [3.63, 3.8) is 0 Å². The first kappa shape index (κ1) is 10.0. The lowest BCUT2D eigenvalue weighted by Gasteiger charge is -2.04. The number of benzene rings is 1. The molecule has 0 aromatic heterocycles. The van der Waals surface area contributed by atoms with Crippen molar-refractivity contribution in [3.05, 3.63) is 28.2 Å². The topological polar surface area (TPSA) is 9.23 Å². The van der Waals surface area contributed by atoms with Gasteiger partial charge in [0, 0.05) is 0 Å². The van der Waals surface area contributed by atoms with Gasteiger partial charge in [0.1, 0.15) is 6.61 Å². The summed E-state index contributed by atoms with van der Waals surface area (Å²) in [5.41, 5.74) is 0. The fourth-order valence-electron chi connectivity index (χ4n) is 0.739. The van der Waals surface area contributed by atoms with Gasteiger partial charge in [-0.05, 0) is 28.1 Å². The minimum absolute atomic E-state index is 0.0538. The zero-order valence-electron chi connectivity index (χ0n) is 6.48. The van der Waals surface area contributed by atoms with Gasteiger partial charge in [-0.1, -0.05) is 5.92 Å². The third-order valence-corrected chi connectivity index (χ3v) is 1.92. The molecule has 0 spiro atoms. The molecular weight excluding hydrogens is 242 g/mol. The zero-order chi connectivity index (χ0) is 9.84. The Hall–Kier alpha value is -1.08. The summed E-state index contributed by atoms with van der Waals surface area (Å²) in [7, 11) is 0. The highest BCUT2D eigenvalue weighted by Crippen LogP contribution is 2.25. The fraction of sp³-hybridized carbons (Fsp3) is 0.111. The fourth-order valence-corrected chi connectivity index (χ4v) is 1.05. The molecule has 1 aromatic rings. The minimum atomic E-state index is -1.04. The van der Waals surface area contributed by atoms with Gasteiger partial charge in [0.2, 0.25) is 5.82 Å². The van der Waals surface area contributed by atoms with E-state index < -0.39 is 11.6 Å². The van der Waals surface area contributed by atoms with Crippen molar-refractivity contribution in [2.24, 2.45) is 0 Å². The van der Waals surface area contributed by atoms with E-state index in [4.69, 9.17) is 11.2 Å². The predicted octanol–water partition coefficient (Wildman–Crippen LogP) is 2.74.